The first kappa shape index (κ1) is 18.1. The minimum absolute atomic E-state index is 0.265. The summed E-state index contributed by atoms with van der Waals surface area (Å²) in [6.45, 7) is 6.24. The molecule has 3 aromatic heterocycles. The summed E-state index contributed by atoms with van der Waals surface area (Å²) in [5.74, 6) is -0.296. The molecule has 144 valence electrons. The molecule has 1 aliphatic rings. The van der Waals surface area contributed by atoms with Crippen LogP contribution in [0.5, 0.6) is 0 Å². The molecular formula is C19H21N7O2. The lowest BCUT2D eigenvalue weighted by Crippen LogP contribution is -2.63. The number of rotatable bonds is 4. The molecule has 0 bridgehead atoms. The Kier molecular flexibility index (Phi) is 4.16. The van der Waals surface area contributed by atoms with Gasteiger partial charge in [0.05, 0.1) is 42.9 Å². The van der Waals surface area contributed by atoms with Gasteiger partial charge in [0.15, 0.2) is 0 Å². The Balaban J connectivity index is 1.57. The van der Waals surface area contributed by atoms with Crippen molar-refractivity contribution in [1.29, 1.82) is 5.26 Å². The Hall–Kier alpha value is -3.25. The third-order valence-corrected chi connectivity index (χ3v) is 4.87. The molecule has 0 unspecified atom stereocenters. The van der Waals surface area contributed by atoms with Crippen LogP contribution in [0.15, 0.2) is 31.0 Å². The number of hydrogen-bond acceptors (Lipinski definition) is 7. The Morgan fingerprint density at radius 3 is 2.89 bits per heavy atom. The number of nitriles is 1. The van der Waals surface area contributed by atoms with E-state index in [-0.39, 0.29) is 12.4 Å². The second kappa shape index (κ2) is 6.42. The molecule has 1 N–H and O–H groups in total. The SMILES string of the molecule is CC(C)(C)C(=O)ON1CC(CC#N)(n2cc(-c3ncnc4[nH]ccc34)cn2)C1. The fraction of sp³-hybridized carbons (Fsp3) is 0.421. The van der Waals surface area contributed by atoms with Crippen LogP contribution < -0.4 is 0 Å². The van der Waals surface area contributed by atoms with Crippen molar-refractivity contribution in [2.45, 2.75) is 32.7 Å². The van der Waals surface area contributed by atoms with E-state index in [1.54, 1.807) is 36.7 Å². The Labute approximate surface area is 161 Å². The van der Waals surface area contributed by atoms with E-state index in [0.717, 1.165) is 22.3 Å². The van der Waals surface area contributed by atoms with Crippen LogP contribution in [0, 0.1) is 16.7 Å². The average Bonchev–Trinajstić information content (AvgIpc) is 3.27. The van der Waals surface area contributed by atoms with Crippen molar-refractivity contribution in [3.05, 3.63) is 31.0 Å². The monoisotopic (exact) mass is 379 g/mol. The highest BCUT2D eigenvalue weighted by atomic mass is 16.7. The molecular weight excluding hydrogens is 358 g/mol. The fourth-order valence-electron chi connectivity index (χ4n) is 3.22. The quantitative estimate of drug-likeness (QED) is 0.739. The molecule has 0 aromatic carbocycles. The van der Waals surface area contributed by atoms with Gasteiger partial charge in [-0.3, -0.25) is 4.68 Å². The molecule has 0 atom stereocenters. The van der Waals surface area contributed by atoms with E-state index in [0.29, 0.717) is 13.1 Å². The number of H-pyrrole nitrogens is 1. The minimum atomic E-state index is -0.582. The number of carbonyl (C=O) groups is 1. The summed E-state index contributed by atoms with van der Waals surface area (Å²) in [4.78, 5) is 29.2. The number of nitrogens with one attached hydrogen (secondary N) is 1. The van der Waals surface area contributed by atoms with Gasteiger partial charge in [-0.2, -0.15) is 10.4 Å². The van der Waals surface area contributed by atoms with Crippen LogP contribution in [-0.4, -0.2) is 48.9 Å². The Morgan fingerprint density at radius 2 is 2.18 bits per heavy atom. The van der Waals surface area contributed by atoms with Crippen molar-refractivity contribution in [2.75, 3.05) is 13.1 Å². The summed E-state index contributed by atoms with van der Waals surface area (Å²) in [5.41, 5.74) is 1.26. The third-order valence-electron chi connectivity index (χ3n) is 4.87. The highest BCUT2D eigenvalue weighted by Gasteiger charge is 2.48. The van der Waals surface area contributed by atoms with Gasteiger partial charge in [-0.1, -0.05) is 0 Å². The van der Waals surface area contributed by atoms with Crippen molar-refractivity contribution >= 4 is 17.0 Å². The molecule has 0 saturated carbocycles. The lowest BCUT2D eigenvalue weighted by molar-refractivity contribution is -0.244. The van der Waals surface area contributed by atoms with E-state index in [1.807, 2.05) is 18.5 Å². The van der Waals surface area contributed by atoms with Gasteiger partial charge in [0, 0.05) is 23.3 Å². The second-order valence-electron chi connectivity index (χ2n) is 8.12. The maximum atomic E-state index is 12.1. The largest absolute Gasteiger partial charge is 0.367 e. The van der Waals surface area contributed by atoms with Crippen LogP contribution in [0.4, 0.5) is 0 Å². The molecule has 1 fully saturated rings. The predicted molar refractivity (Wildman–Crippen MR) is 100 cm³/mol. The van der Waals surface area contributed by atoms with Crippen molar-refractivity contribution in [3.8, 4) is 17.3 Å². The maximum Gasteiger partial charge on any atom is 0.330 e. The molecule has 9 heteroatoms. The number of fused-ring (bicyclic) bond motifs is 1. The molecule has 4 rings (SSSR count). The molecule has 0 spiro atoms. The molecule has 9 nitrogen and oxygen atoms in total. The van der Waals surface area contributed by atoms with Gasteiger partial charge in [-0.15, -0.1) is 5.06 Å². The summed E-state index contributed by atoms with van der Waals surface area (Å²) in [7, 11) is 0. The maximum absolute atomic E-state index is 12.1. The fourth-order valence-corrected chi connectivity index (χ4v) is 3.22. The van der Waals surface area contributed by atoms with E-state index in [9.17, 15) is 10.1 Å². The number of nitrogens with zero attached hydrogens (tertiary/aromatic N) is 6. The normalized spacial score (nSPS) is 16.5. The first-order valence-electron chi connectivity index (χ1n) is 9.00. The Bertz CT molecular complexity index is 1060. The zero-order valence-corrected chi connectivity index (χ0v) is 16.0. The molecule has 3 aromatic rings. The van der Waals surface area contributed by atoms with Gasteiger partial charge in [0.2, 0.25) is 0 Å². The summed E-state index contributed by atoms with van der Waals surface area (Å²) in [5, 5.41) is 16.3. The van der Waals surface area contributed by atoms with E-state index in [4.69, 9.17) is 4.84 Å². The van der Waals surface area contributed by atoms with Crippen molar-refractivity contribution in [3.63, 3.8) is 0 Å². The van der Waals surface area contributed by atoms with Crippen LogP contribution in [0.2, 0.25) is 0 Å². The number of aromatic amines is 1. The van der Waals surface area contributed by atoms with Crippen LogP contribution in [0.3, 0.4) is 0 Å². The van der Waals surface area contributed by atoms with E-state index < -0.39 is 11.0 Å². The first-order valence-corrected chi connectivity index (χ1v) is 9.00. The lowest BCUT2D eigenvalue weighted by atomic mass is 9.88. The topological polar surface area (TPSA) is 113 Å². The van der Waals surface area contributed by atoms with Crippen LogP contribution in [-0.2, 0) is 15.2 Å². The smallest absolute Gasteiger partial charge is 0.330 e. The van der Waals surface area contributed by atoms with Gasteiger partial charge in [0.1, 0.15) is 17.5 Å². The van der Waals surface area contributed by atoms with Gasteiger partial charge in [-0.25, -0.2) is 14.8 Å². The van der Waals surface area contributed by atoms with Crippen LogP contribution >= 0.6 is 0 Å². The van der Waals surface area contributed by atoms with E-state index in [2.05, 4.69) is 26.1 Å². The van der Waals surface area contributed by atoms with Gasteiger partial charge < -0.3 is 9.82 Å². The minimum Gasteiger partial charge on any atom is -0.367 e. The molecule has 1 saturated heterocycles. The van der Waals surface area contributed by atoms with Crippen LogP contribution in [0.25, 0.3) is 22.3 Å². The average molecular weight is 379 g/mol. The summed E-state index contributed by atoms with van der Waals surface area (Å²) >= 11 is 0. The first-order chi connectivity index (χ1) is 13.3. The predicted octanol–water partition coefficient (Wildman–Crippen LogP) is 2.25. The van der Waals surface area contributed by atoms with Gasteiger partial charge in [-0.05, 0) is 26.8 Å². The Morgan fingerprint density at radius 1 is 1.39 bits per heavy atom. The van der Waals surface area contributed by atoms with E-state index >= 15 is 0 Å². The standard InChI is InChI=1S/C19H21N7O2/c1-18(2,3)17(27)28-25-10-19(11-25,5-6-20)26-9-13(8-24-26)15-14-4-7-21-16(14)23-12-22-15/h4,7-9,12H,5,10-11H2,1-3H3,(H,21,22,23). The lowest BCUT2D eigenvalue weighted by Gasteiger charge is -2.47. The van der Waals surface area contributed by atoms with Crippen LogP contribution in [0.1, 0.15) is 27.2 Å². The van der Waals surface area contributed by atoms with Gasteiger partial charge in [0.25, 0.3) is 0 Å². The number of hydrogen-bond donors (Lipinski definition) is 1. The molecule has 0 radical (unpaired) electrons. The molecule has 0 amide bonds. The van der Waals surface area contributed by atoms with Crippen molar-refractivity contribution < 1.29 is 9.63 Å². The highest BCUT2D eigenvalue weighted by molar-refractivity contribution is 5.90. The number of aromatic nitrogens is 5. The number of carbonyl (C=O) groups excluding carboxylic acids is 1. The van der Waals surface area contributed by atoms with Crippen molar-refractivity contribution in [1.82, 2.24) is 29.8 Å². The molecule has 4 heterocycles. The zero-order valence-electron chi connectivity index (χ0n) is 16.0. The van der Waals surface area contributed by atoms with Crippen molar-refractivity contribution in [2.24, 2.45) is 5.41 Å². The zero-order chi connectivity index (χ0) is 19.9. The highest BCUT2D eigenvalue weighted by Crippen LogP contribution is 2.35. The third kappa shape index (κ3) is 3.01. The summed E-state index contributed by atoms with van der Waals surface area (Å²) in [6.07, 6.45) is 7.21. The number of hydroxylamine groups is 2. The molecule has 1 aliphatic heterocycles. The summed E-state index contributed by atoms with van der Waals surface area (Å²) < 4.78 is 1.79. The summed E-state index contributed by atoms with van der Waals surface area (Å²) in [6, 6.07) is 4.15. The molecule has 0 aliphatic carbocycles. The van der Waals surface area contributed by atoms with Gasteiger partial charge >= 0.3 is 5.97 Å². The second-order valence-corrected chi connectivity index (χ2v) is 8.12. The molecule has 28 heavy (non-hydrogen) atoms. The van der Waals surface area contributed by atoms with E-state index in [1.165, 1.54) is 6.33 Å².